The van der Waals surface area contributed by atoms with E-state index in [9.17, 15) is 14.4 Å². The first kappa shape index (κ1) is 24.9. The van der Waals surface area contributed by atoms with E-state index in [1.54, 1.807) is 31.2 Å². The van der Waals surface area contributed by atoms with Gasteiger partial charge in [-0.25, -0.2) is 4.79 Å². The van der Waals surface area contributed by atoms with Crippen molar-refractivity contribution >= 4 is 46.1 Å². The van der Waals surface area contributed by atoms with Crippen LogP contribution in [0.2, 0.25) is 0 Å². The van der Waals surface area contributed by atoms with Gasteiger partial charge in [0.25, 0.3) is 0 Å². The van der Waals surface area contributed by atoms with Crippen molar-refractivity contribution in [2.75, 3.05) is 30.8 Å². The summed E-state index contributed by atoms with van der Waals surface area (Å²) >= 11 is 1.45. The number of nitrogens with zero attached hydrogens (tertiary/aromatic N) is 2. The van der Waals surface area contributed by atoms with Gasteiger partial charge in [-0.3, -0.25) is 9.59 Å². The summed E-state index contributed by atoms with van der Waals surface area (Å²) in [5, 5.41) is 3.90. The van der Waals surface area contributed by atoms with Crippen LogP contribution >= 0.6 is 11.8 Å². The minimum Gasteiger partial charge on any atom is -0.462 e. The Morgan fingerprint density at radius 1 is 0.971 bits per heavy atom. The number of amides is 2. The third-order valence-electron chi connectivity index (χ3n) is 6.05. The molecule has 2 amide bonds. The number of para-hydroxylation sites is 1. The van der Waals surface area contributed by atoms with E-state index in [1.807, 2.05) is 39.9 Å². The SMILES string of the molecule is CCOC(=O)c1ccc(NC(=O)CSc2cn(CC(=O)N3CCCCCC3)c3ccccc23)cc1. The molecule has 8 heteroatoms. The number of carbonyl (C=O) groups excluding carboxylic acids is 3. The first-order chi connectivity index (χ1) is 17.0. The Hall–Kier alpha value is -3.26. The number of nitrogens with one attached hydrogen (secondary N) is 1. The van der Waals surface area contributed by atoms with Gasteiger partial charge in [0.15, 0.2) is 0 Å². The van der Waals surface area contributed by atoms with Crippen LogP contribution in [0.1, 0.15) is 43.0 Å². The number of hydrogen-bond donors (Lipinski definition) is 1. The molecule has 0 bridgehead atoms. The first-order valence-corrected chi connectivity index (χ1v) is 13.1. The summed E-state index contributed by atoms with van der Waals surface area (Å²) < 4.78 is 6.98. The lowest BCUT2D eigenvalue weighted by Gasteiger charge is -2.20. The van der Waals surface area contributed by atoms with Crippen molar-refractivity contribution in [1.82, 2.24) is 9.47 Å². The predicted molar refractivity (Wildman–Crippen MR) is 139 cm³/mol. The maximum absolute atomic E-state index is 13.0. The van der Waals surface area contributed by atoms with Crippen molar-refractivity contribution in [3.8, 4) is 0 Å². The van der Waals surface area contributed by atoms with Crippen LogP contribution in [-0.2, 0) is 20.9 Å². The molecule has 2 heterocycles. The number of likely N-dealkylation sites (tertiary alicyclic amines) is 1. The average Bonchev–Trinajstić information content (AvgIpc) is 3.02. The molecule has 0 unspecified atom stereocenters. The summed E-state index contributed by atoms with van der Waals surface area (Å²) in [6, 6.07) is 14.6. The molecule has 0 atom stereocenters. The Labute approximate surface area is 209 Å². The number of carbonyl (C=O) groups is 3. The van der Waals surface area contributed by atoms with Crippen molar-refractivity contribution in [2.45, 2.75) is 44.0 Å². The molecule has 35 heavy (non-hydrogen) atoms. The van der Waals surface area contributed by atoms with Crippen molar-refractivity contribution in [3.05, 3.63) is 60.3 Å². The smallest absolute Gasteiger partial charge is 0.338 e. The Balaban J connectivity index is 1.39. The third kappa shape index (κ3) is 6.45. The van der Waals surface area contributed by atoms with E-state index in [1.165, 1.54) is 24.6 Å². The summed E-state index contributed by atoms with van der Waals surface area (Å²) in [5.74, 6) is -0.149. The van der Waals surface area contributed by atoms with Gasteiger partial charge in [-0.1, -0.05) is 31.0 Å². The minimum atomic E-state index is -0.383. The largest absolute Gasteiger partial charge is 0.462 e. The fourth-order valence-electron chi connectivity index (χ4n) is 4.27. The lowest BCUT2D eigenvalue weighted by molar-refractivity contribution is -0.131. The van der Waals surface area contributed by atoms with E-state index in [4.69, 9.17) is 4.74 Å². The van der Waals surface area contributed by atoms with Gasteiger partial charge in [0.2, 0.25) is 11.8 Å². The standard InChI is InChI=1S/C27H31N3O4S/c1-2-34-27(33)20-11-13-21(14-12-20)28-25(31)19-35-24-17-30(23-10-6-5-9-22(23)24)18-26(32)29-15-7-3-4-8-16-29/h5-6,9-14,17H,2-4,7-8,15-16,18-19H2,1H3,(H,28,31). The highest BCUT2D eigenvalue weighted by molar-refractivity contribution is 8.00. The molecule has 1 aromatic heterocycles. The maximum Gasteiger partial charge on any atom is 0.338 e. The number of fused-ring (bicyclic) bond motifs is 1. The summed E-state index contributed by atoms with van der Waals surface area (Å²) in [7, 11) is 0. The van der Waals surface area contributed by atoms with Crippen LogP contribution in [0.3, 0.4) is 0 Å². The Morgan fingerprint density at radius 2 is 1.69 bits per heavy atom. The number of esters is 1. The molecule has 1 saturated heterocycles. The number of rotatable bonds is 8. The van der Waals surface area contributed by atoms with Crippen molar-refractivity contribution < 1.29 is 19.1 Å². The molecular formula is C27H31N3O4S. The summed E-state index contributed by atoms with van der Waals surface area (Å²) in [6.07, 6.45) is 6.50. The summed E-state index contributed by atoms with van der Waals surface area (Å²) in [5.41, 5.74) is 2.06. The molecule has 2 aromatic carbocycles. The predicted octanol–water partition coefficient (Wildman–Crippen LogP) is 4.95. The maximum atomic E-state index is 13.0. The highest BCUT2D eigenvalue weighted by atomic mass is 32.2. The van der Waals surface area contributed by atoms with Gasteiger partial charge in [-0.05, 0) is 50.1 Å². The fraction of sp³-hybridized carbons (Fsp3) is 0.370. The molecule has 7 nitrogen and oxygen atoms in total. The van der Waals surface area contributed by atoms with Crippen molar-refractivity contribution in [2.24, 2.45) is 0 Å². The minimum absolute atomic E-state index is 0.142. The topological polar surface area (TPSA) is 80.6 Å². The molecule has 1 fully saturated rings. The van der Waals surface area contributed by atoms with Crippen LogP contribution in [0.25, 0.3) is 10.9 Å². The van der Waals surface area contributed by atoms with E-state index in [0.717, 1.165) is 41.7 Å². The van der Waals surface area contributed by atoms with Gasteiger partial charge in [-0.2, -0.15) is 0 Å². The van der Waals surface area contributed by atoms with Gasteiger partial charge in [0.05, 0.1) is 17.9 Å². The van der Waals surface area contributed by atoms with E-state index in [-0.39, 0.29) is 23.5 Å². The Bertz CT molecular complexity index is 1180. The third-order valence-corrected chi connectivity index (χ3v) is 7.10. The van der Waals surface area contributed by atoms with Gasteiger partial charge in [0, 0.05) is 40.8 Å². The molecule has 1 aliphatic rings. The van der Waals surface area contributed by atoms with E-state index >= 15 is 0 Å². The Morgan fingerprint density at radius 3 is 2.40 bits per heavy atom. The summed E-state index contributed by atoms with van der Waals surface area (Å²) in [6.45, 7) is 4.05. The van der Waals surface area contributed by atoms with E-state index < -0.39 is 0 Å². The molecule has 184 valence electrons. The van der Waals surface area contributed by atoms with Crippen LogP contribution in [-0.4, -0.2) is 52.7 Å². The lowest BCUT2D eigenvalue weighted by atomic mass is 10.2. The van der Waals surface area contributed by atoms with Crippen LogP contribution in [0.4, 0.5) is 5.69 Å². The van der Waals surface area contributed by atoms with E-state index in [2.05, 4.69) is 5.32 Å². The zero-order valence-corrected chi connectivity index (χ0v) is 20.8. The molecule has 0 spiro atoms. The highest BCUT2D eigenvalue weighted by Gasteiger charge is 2.18. The molecule has 0 aliphatic carbocycles. The van der Waals surface area contributed by atoms with Gasteiger partial charge >= 0.3 is 5.97 Å². The zero-order chi connectivity index (χ0) is 24.6. The molecule has 0 radical (unpaired) electrons. The monoisotopic (exact) mass is 493 g/mol. The van der Waals surface area contributed by atoms with E-state index in [0.29, 0.717) is 24.4 Å². The van der Waals surface area contributed by atoms with Crippen LogP contribution in [0.5, 0.6) is 0 Å². The fourth-order valence-corrected chi connectivity index (χ4v) is 5.16. The molecule has 0 saturated carbocycles. The highest BCUT2D eigenvalue weighted by Crippen LogP contribution is 2.30. The van der Waals surface area contributed by atoms with Gasteiger partial charge < -0.3 is 19.5 Å². The number of thioether (sulfide) groups is 1. The van der Waals surface area contributed by atoms with Crippen molar-refractivity contribution in [1.29, 1.82) is 0 Å². The quantitative estimate of drug-likeness (QED) is 0.355. The number of aromatic nitrogens is 1. The lowest BCUT2D eigenvalue weighted by Crippen LogP contribution is -2.34. The number of hydrogen-bond acceptors (Lipinski definition) is 5. The van der Waals surface area contributed by atoms with Crippen LogP contribution < -0.4 is 5.32 Å². The van der Waals surface area contributed by atoms with Gasteiger partial charge in [-0.15, -0.1) is 11.8 Å². The first-order valence-electron chi connectivity index (χ1n) is 12.1. The van der Waals surface area contributed by atoms with Crippen LogP contribution in [0, 0.1) is 0 Å². The van der Waals surface area contributed by atoms with Crippen molar-refractivity contribution in [3.63, 3.8) is 0 Å². The average molecular weight is 494 g/mol. The molecule has 4 rings (SSSR count). The second kappa shape index (κ2) is 11.9. The molecule has 3 aromatic rings. The van der Waals surface area contributed by atoms with Gasteiger partial charge in [0.1, 0.15) is 6.54 Å². The normalized spacial score (nSPS) is 13.9. The summed E-state index contributed by atoms with van der Waals surface area (Å²) in [4.78, 5) is 40.3. The zero-order valence-electron chi connectivity index (χ0n) is 20.0. The number of anilines is 1. The molecular weight excluding hydrogens is 462 g/mol. The second-order valence-electron chi connectivity index (χ2n) is 8.57. The second-order valence-corrected chi connectivity index (χ2v) is 9.59. The molecule has 1 N–H and O–H groups in total. The number of ether oxygens (including phenoxy) is 1. The Kier molecular flexibility index (Phi) is 8.47. The van der Waals surface area contributed by atoms with Crippen LogP contribution in [0.15, 0.2) is 59.6 Å². The number of benzene rings is 2. The molecule has 1 aliphatic heterocycles.